The quantitative estimate of drug-likeness (QED) is 0.700. The predicted molar refractivity (Wildman–Crippen MR) is 112 cm³/mol. The summed E-state index contributed by atoms with van der Waals surface area (Å²) in [6, 6.07) is 18.8. The number of para-hydroxylation sites is 1. The lowest BCUT2D eigenvalue weighted by Gasteiger charge is -2.33. The van der Waals surface area contributed by atoms with E-state index in [1.807, 2.05) is 42.7 Å². The molecular weight excluding hydrogens is 348 g/mol. The van der Waals surface area contributed by atoms with Crippen molar-refractivity contribution in [3.63, 3.8) is 0 Å². The molecule has 0 bridgehead atoms. The van der Waals surface area contributed by atoms with Crippen LogP contribution in [-0.4, -0.2) is 41.1 Å². The largest absolute Gasteiger partial charge is 0.497 e. The fraction of sp³-hybridized carbons (Fsp3) is 0.304. The molecular formula is C23H26N4O. The Labute approximate surface area is 166 Å². The van der Waals surface area contributed by atoms with E-state index in [2.05, 4.69) is 44.5 Å². The van der Waals surface area contributed by atoms with Crippen LogP contribution in [0.2, 0.25) is 0 Å². The topological polar surface area (TPSA) is 50.3 Å². The number of piperidine rings is 1. The normalized spacial score (nSPS) is 17.2. The maximum absolute atomic E-state index is 5.20. The Hall–Kier alpha value is -2.92. The van der Waals surface area contributed by atoms with Crippen LogP contribution >= 0.6 is 0 Å². The van der Waals surface area contributed by atoms with E-state index in [-0.39, 0.29) is 0 Å². The molecule has 2 aromatic carbocycles. The predicted octanol–water partition coefficient (Wildman–Crippen LogP) is 4.23. The Morgan fingerprint density at radius 2 is 1.79 bits per heavy atom. The molecule has 0 saturated carbocycles. The highest BCUT2D eigenvalue weighted by molar-refractivity contribution is 5.55. The summed E-state index contributed by atoms with van der Waals surface area (Å²) in [5.74, 6) is 1.58. The molecule has 5 heteroatoms. The molecule has 1 saturated heterocycles. The van der Waals surface area contributed by atoms with Gasteiger partial charge in [-0.3, -0.25) is 4.90 Å². The highest BCUT2D eigenvalue weighted by Crippen LogP contribution is 2.20. The molecule has 1 N–H and O–H groups in total. The number of likely N-dealkylation sites (tertiary alicyclic amines) is 1. The van der Waals surface area contributed by atoms with Crippen molar-refractivity contribution in [2.45, 2.75) is 25.4 Å². The molecule has 1 aliphatic heterocycles. The molecule has 3 aromatic rings. The van der Waals surface area contributed by atoms with Crippen LogP contribution in [0.3, 0.4) is 0 Å². The number of hydrogen-bond donors (Lipinski definition) is 1. The lowest BCUT2D eigenvalue weighted by molar-refractivity contribution is 0.208. The van der Waals surface area contributed by atoms with E-state index in [1.165, 1.54) is 18.5 Å². The second-order valence-corrected chi connectivity index (χ2v) is 7.23. The first-order chi connectivity index (χ1) is 13.8. The first-order valence-corrected chi connectivity index (χ1v) is 9.79. The summed E-state index contributed by atoms with van der Waals surface area (Å²) in [6.45, 7) is 3.04. The van der Waals surface area contributed by atoms with Crippen molar-refractivity contribution in [1.29, 1.82) is 0 Å². The highest BCUT2D eigenvalue weighted by Gasteiger charge is 2.20. The lowest BCUT2D eigenvalue weighted by atomic mass is 10.0. The standard InChI is InChI=1S/C23H26N4O/c1-28-22-11-9-19(10-12-22)23-24-14-18(15-25-23)16-27-13-5-8-21(17-27)26-20-6-3-2-4-7-20/h2-4,6-7,9-12,14-15,21,26H,5,8,13,16-17H2,1H3. The number of aromatic nitrogens is 2. The van der Waals surface area contributed by atoms with Gasteiger partial charge in [0, 0.05) is 48.3 Å². The number of nitrogens with zero attached hydrogens (tertiary/aromatic N) is 3. The van der Waals surface area contributed by atoms with Crippen molar-refractivity contribution in [1.82, 2.24) is 14.9 Å². The van der Waals surface area contributed by atoms with Gasteiger partial charge < -0.3 is 10.1 Å². The highest BCUT2D eigenvalue weighted by atomic mass is 16.5. The third kappa shape index (κ3) is 4.67. The van der Waals surface area contributed by atoms with E-state index in [0.29, 0.717) is 6.04 Å². The van der Waals surface area contributed by atoms with E-state index >= 15 is 0 Å². The SMILES string of the molecule is COc1ccc(-c2ncc(CN3CCCC(Nc4ccccc4)C3)cn2)cc1. The summed E-state index contributed by atoms with van der Waals surface area (Å²) in [6.07, 6.45) is 6.30. The van der Waals surface area contributed by atoms with Crippen LogP contribution in [0, 0.1) is 0 Å². The van der Waals surface area contributed by atoms with Crippen molar-refractivity contribution < 1.29 is 4.74 Å². The van der Waals surface area contributed by atoms with Gasteiger partial charge in [0.05, 0.1) is 7.11 Å². The number of benzene rings is 2. The molecule has 5 nitrogen and oxygen atoms in total. The number of hydrogen-bond acceptors (Lipinski definition) is 5. The average Bonchev–Trinajstić information content (AvgIpc) is 2.75. The molecule has 1 fully saturated rings. The zero-order valence-electron chi connectivity index (χ0n) is 16.2. The van der Waals surface area contributed by atoms with Crippen molar-refractivity contribution in [2.24, 2.45) is 0 Å². The van der Waals surface area contributed by atoms with Crippen molar-refractivity contribution in [2.75, 3.05) is 25.5 Å². The van der Waals surface area contributed by atoms with Gasteiger partial charge in [0.25, 0.3) is 0 Å². The molecule has 28 heavy (non-hydrogen) atoms. The molecule has 1 aliphatic rings. The van der Waals surface area contributed by atoms with Crippen molar-refractivity contribution >= 4 is 5.69 Å². The third-order valence-electron chi connectivity index (χ3n) is 5.11. The molecule has 1 unspecified atom stereocenters. The number of rotatable bonds is 6. The van der Waals surface area contributed by atoms with Gasteiger partial charge in [-0.05, 0) is 55.8 Å². The Bertz CT molecular complexity index is 865. The molecule has 0 amide bonds. The molecule has 4 rings (SSSR count). The first kappa shape index (κ1) is 18.4. The van der Waals surface area contributed by atoms with Gasteiger partial charge in [-0.15, -0.1) is 0 Å². The van der Waals surface area contributed by atoms with Gasteiger partial charge in [-0.1, -0.05) is 18.2 Å². The Balaban J connectivity index is 1.35. The summed E-state index contributed by atoms with van der Waals surface area (Å²) < 4.78 is 5.20. The Kier molecular flexibility index (Phi) is 5.83. The van der Waals surface area contributed by atoms with Crippen molar-refractivity contribution in [3.8, 4) is 17.1 Å². The molecule has 0 aliphatic carbocycles. The van der Waals surface area contributed by atoms with Crippen molar-refractivity contribution in [3.05, 3.63) is 72.6 Å². The molecule has 144 valence electrons. The van der Waals surface area contributed by atoms with Crippen LogP contribution in [0.1, 0.15) is 18.4 Å². The number of methoxy groups -OCH3 is 1. The fourth-order valence-electron chi connectivity index (χ4n) is 3.67. The minimum Gasteiger partial charge on any atom is -0.497 e. The van der Waals surface area contributed by atoms with E-state index in [1.54, 1.807) is 7.11 Å². The maximum atomic E-state index is 5.20. The van der Waals surface area contributed by atoms with Gasteiger partial charge in [0.2, 0.25) is 0 Å². The summed E-state index contributed by atoms with van der Waals surface area (Å²) >= 11 is 0. The molecule has 0 spiro atoms. The lowest BCUT2D eigenvalue weighted by Crippen LogP contribution is -2.41. The minimum atomic E-state index is 0.482. The van der Waals surface area contributed by atoms with Crippen LogP contribution < -0.4 is 10.1 Å². The molecule has 1 aromatic heterocycles. The van der Waals surface area contributed by atoms with E-state index < -0.39 is 0 Å². The molecule has 0 radical (unpaired) electrons. The van der Waals surface area contributed by atoms with Gasteiger partial charge in [0.15, 0.2) is 5.82 Å². The Morgan fingerprint density at radius 1 is 1.04 bits per heavy atom. The van der Waals surface area contributed by atoms with Crippen LogP contribution in [0.4, 0.5) is 5.69 Å². The summed E-state index contributed by atoms with van der Waals surface area (Å²) in [5.41, 5.74) is 3.34. The van der Waals surface area contributed by atoms with E-state index in [9.17, 15) is 0 Å². The first-order valence-electron chi connectivity index (χ1n) is 9.79. The van der Waals surface area contributed by atoms with E-state index in [4.69, 9.17) is 4.74 Å². The summed E-state index contributed by atoms with van der Waals surface area (Å²) in [7, 11) is 1.67. The van der Waals surface area contributed by atoms with E-state index in [0.717, 1.165) is 42.3 Å². The smallest absolute Gasteiger partial charge is 0.159 e. The van der Waals surface area contributed by atoms with Gasteiger partial charge in [0.1, 0.15) is 5.75 Å². The van der Waals surface area contributed by atoms with Gasteiger partial charge >= 0.3 is 0 Å². The zero-order chi connectivity index (χ0) is 19.2. The second kappa shape index (κ2) is 8.85. The number of ether oxygens (including phenoxy) is 1. The number of anilines is 1. The number of nitrogens with one attached hydrogen (secondary N) is 1. The maximum Gasteiger partial charge on any atom is 0.159 e. The zero-order valence-corrected chi connectivity index (χ0v) is 16.2. The summed E-state index contributed by atoms with van der Waals surface area (Å²) in [5, 5.41) is 3.65. The van der Waals surface area contributed by atoms with Gasteiger partial charge in [-0.25, -0.2) is 9.97 Å². The van der Waals surface area contributed by atoms with Crippen LogP contribution in [-0.2, 0) is 6.54 Å². The van der Waals surface area contributed by atoms with Crippen LogP contribution in [0.5, 0.6) is 5.75 Å². The van der Waals surface area contributed by atoms with Crippen LogP contribution in [0.15, 0.2) is 67.0 Å². The fourth-order valence-corrected chi connectivity index (χ4v) is 3.67. The van der Waals surface area contributed by atoms with Crippen LogP contribution in [0.25, 0.3) is 11.4 Å². The Morgan fingerprint density at radius 3 is 2.50 bits per heavy atom. The summed E-state index contributed by atoms with van der Waals surface area (Å²) in [4.78, 5) is 11.6. The average molecular weight is 374 g/mol. The third-order valence-corrected chi connectivity index (χ3v) is 5.11. The molecule has 1 atom stereocenters. The monoisotopic (exact) mass is 374 g/mol. The molecule has 2 heterocycles. The minimum absolute atomic E-state index is 0.482. The van der Waals surface area contributed by atoms with Gasteiger partial charge in [-0.2, -0.15) is 0 Å². The second-order valence-electron chi connectivity index (χ2n) is 7.23.